The molecule has 1 aliphatic carbocycles. The zero-order chi connectivity index (χ0) is 6.20. The highest BCUT2D eigenvalue weighted by Gasteiger charge is 2.46. The predicted molar refractivity (Wildman–Crippen MR) is 33.8 cm³/mol. The highest BCUT2D eigenvalue weighted by Crippen LogP contribution is 2.51. The number of hydrogen-bond donors (Lipinski definition) is 0. The van der Waals surface area contributed by atoms with E-state index in [0.717, 1.165) is 12.5 Å². The van der Waals surface area contributed by atoms with Crippen molar-refractivity contribution in [3.8, 4) is 0 Å². The van der Waals surface area contributed by atoms with Gasteiger partial charge in [0.05, 0.1) is 6.61 Å². The van der Waals surface area contributed by atoms with E-state index in [9.17, 15) is 0 Å². The van der Waals surface area contributed by atoms with Gasteiger partial charge in [0.15, 0.2) is 0 Å². The summed E-state index contributed by atoms with van der Waals surface area (Å²) in [6.45, 7) is 5.49. The molecule has 1 heteroatoms. The van der Waals surface area contributed by atoms with E-state index in [-0.39, 0.29) is 0 Å². The molecule has 0 spiro atoms. The van der Waals surface area contributed by atoms with Crippen LogP contribution >= 0.6 is 0 Å². The van der Waals surface area contributed by atoms with E-state index in [2.05, 4.69) is 13.8 Å². The molecule has 0 aromatic heterocycles. The Morgan fingerprint density at radius 3 is 2.38 bits per heavy atom. The van der Waals surface area contributed by atoms with Gasteiger partial charge in [0, 0.05) is 7.11 Å². The van der Waals surface area contributed by atoms with Crippen molar-refractivity contribution in [1.29, 1.82) is 0 Å². The average molecular weight is 114 g/mol. The first kappa shape index (κ1) is 6.09. The van der Waals surface area contributed by atoms with Crippen molar-refractivity contribution in [3.05, 3.63) is 0 Å². The molecule has 0 aromatic carbocycles. The molecule has 0 heterocycles. The van der Waals surface area contributed by atoms with E-state index < -0.39 is 0 Å². The fraction of sp³-hybridized carbons (Fsp3) is 1.00. The van der Waals surface area contributed by atoms with E-state index in [4.69, 9.17) is 4.74 Å². The first-order valence-electron chi connectivity index (χ1n) is 3.18. The van der Waals surface area contributed by atoms with Gasteiger partial charge in [-0.3, -0.25) is 0 Å². The summed E-state index contributed by atoms with van der Waals surface area (Å²) in [7, 11) is 1.77. The van der Waals surface area contributed by atoms with Crippen molar-refractivity contribution in [2.24, 2.45) is 11.3 Å². The van der Waals surface area contributed by atoms with Gasteiger partial charge in [-0.05, 0) is 17.8 Å². The van der Waals surface area contributed by atoms with Crippen LogP contribution in [0.4, 0.5) is 0 Å². The Bertz CT molecular complexity index is 90.4. The fourth-order valence-corrected chi connectivity index (χ4v) is 1.17. The highest BCUT2D eigenvalue weighted by atomic mass is 16.5. The number of ether oxygens (including phenoxy) is 1. The van der Waals surface area contributed by atoms with Gasteiger partial charge in [-0.1, -0.05) is 13.8 Å². The number of rotatable bonds is 2. The minimum Gasteiger partial charge on any atom is -0.384 e. The topological polar surface area (TPSA) is 9.23 Å². The van der Waals surface area contributed by atoms with Gasteiger partial charge in [0.25, 0.3) is 0 Å². The monoisotopic (exact) mass is 114 g/mol. The zero-order valence-electron chi connectivity index (χ0n) is 5.90. The standard InChI is InChI=1S/C7H14O/c1-6-4-7(6,2)5-8-3/h6H,4-5H2,1-3H3. The lowest BCUT2D eigenvalue weighted by Crippen LogP contribution is -2.05. The van der Waals surface area contributed by atoms with Crippen LogP contribution in [-0.4, -0.2) is 13.7 Å². The van der Waals surface area contributed by atoms with Crippen LogP contribution in [0.1, 0.15) is 20.3 Å². The summed E-state index contributed by atoms with van der Waals surface area (Å²) >= 11 is 0. The summed E-state index contributed by atoms with van der Waals surface area (Å²) in [5.41, 5.74) is 0.536. The molecule has 1 saturated carbocycles. The van der Waals surface area contributed by atoms with Gasteiger partial charge in [0.1, 0.15) is 0 Å². The van der Waals surface area contributed by atoms with Gasteiger partial charge < -0.3 is 4.74 Å². The van der Waals surface area contributed by atoms with Gasteiger partial charge in [0.2, 0.25) is 0 Å². The SMILES string of the molecule is COCC1(C)CC1C. The summed E-state index contributed by atoms with van der Waals surface area (Å²) < 4.78 is 5.04. The van der Waals surface area contributed by atoms with E-state index in [1.54, 1.807) is 7.11 Å². The van der Waals surface area contributed by atoms with Gasteiger partial charge in [-0.25, -0.2) is 0 Å². The summed E-state index contributed by atoms with van der Waals surface area (Å²) in [4.78, 5) is 0. The molecule has 0 N–H and O–H groups in total. The minimum atomic E-state index is 0.536. The molecule has 0 amide bonds. The van der Waals surface area contributed by atoms with Crippen LogP contribution in [0.2, 0.25) is 0 Å². The molecule has 48 valence electrons. The molecule has 1 rings (SSSR count). The van der Waals surface area contributed by atoms with Crippen LogP contribution in [0.3, 0.4) is 0 Å². The molecule has 0 aromatic rings. The Morgan fingerprint density at radius 1 is 1.75 bits per heavy atom. The first-order chi connectivity index (χ1) is 3.69. The second-order valence-corrected chi connectivity index (χ2v) is 3.19. The van der Waals surface area contributed by atoms with E-state index in [1.807, 2.05) is 0 Å². The first-order valence-corrected chi connectivity index (χ1v) is 3.18. The van der Waals surface area contributed by atoms with Gasteiger partial charge >= 0.3 is 0 Å². The summed E-state index contributed by atoms with van der Waals surface area (Å²) in [5, 5.41) is 0. The summed E-state index contributed by atoms with van der Waals surface area (Å²) in [5.74, 6) is 0.891. The molecule has 2 unspecified atom stereocenters. The largest absolute Gasteiger partial charge is 0.384 e. The van der Waals surface area contributed by atoms with Gasteiger partial charge in [-0.2, -0.15) is 0 Å². The summed E-state index contributed by atoms with van der Waals surface area (Å²) in [6.07, 6.45) is 1.35. The molecular weight excluding hydrogens is 100 g/mol. The van der Waals surface area contributed by atoms with E-state index in [0.29, 0.717) is 5.41 Å². The molecule has 1 fully saturated rings. The van der Waals surface area contributed by atoms with Crippen LogP contribution in [0, 0.1) is 11.3 Å². The van der Waals surface area contributed by atoms with Crippen molar-refractivity contribution in [3.63, 3.8) is 0 Å². The Labute approximate surface area is 51.0 Å². The molecule has 2 atom stereocenters. The zero-order valence-corrected chi connectivity index (χ0v) is 5.90. The van der Waals surface area contributed by atoms with E-state index in [1.165, 1.54) is 6.42 Å². The molecule has 0 bridgehead atoms. The molecule has 0 saturated heterocycles. The van der Waals surface area contributed by atoms with Crippen LogP contribution in [-0.2, 0) is 4.74 Å². The highest BCUT2D eigenvalue weighted by molar-refractivity contribution is 4.95. The van der Waals surface area contributed by atoms with E-state index >= 15 is 0 Å². The van der Waals surface area contributed by atoms with Crippen molar-refractivity contribution in [2.45, 2.75) is 20.3 Å². The molecular formula is C7H14O. The fourth-order valence-electron chi connectivity index (χ4n) is 1.17. The Balaban J connectivity index is 2.25. The second-order valence-electron chi connectivity index (χ2n) is 3.19. The maximum atomic E-state index is 5.04. The Hall–Kier alpha value is -0.0400. The number of hydrogen-bond acceptors (Lipinski definition) is 1. The van der Waals surface area contributed by atoms with Crippen molar-refractivity contribution in [2.75, 3.05) is 13.7 Å². The van der Waals surface area contributed by atoms with Crippen molar-refractivity contribution in [1.82, 2.24) is 0 Å². The quantitative estimate of drug-likeness (QED) is 0.530. The van der Waals surface area contributed by atoms with Crippen LogP contribution in [0.15, 0.2) is 0 Å². The molecule has 0 aliphatic heterocycles. The maximum absolute atomic E-state index is 5.04. The molecule has 1 aliphatic rings. The Kier molecular flexibility index (Phi) is 1.31. The minimum absolute atomic E-state index is 0.536. The number of methoxy groups -OCH3 is 1. The van der Waals surface area contributed by atoms with Crippen molar-refractivity contribution >= 4 is 0 Å². The Morgan fingerprint density at radius 2 is 2.25 bits per heavy atom. The third-order valence-electron chi connectivity index (χ3n) is 2.28. The predicted octanol–water partition coefficient (Wildman–Crippen LogP) is 1.68. The lowest BCUT2D eigenvalue weighted by Gasteiger charge is -2.05. The molecule has 0 radical (unpaired) electrons. The summed E-state index contributed by atoms with van der Waals surface area (Å²) in [6, 6.07) is 0. The lowest BCUT2D eigenvalue weighted by atomic mass is 10.1. The van der Waals surface area contributed by atoms with Crippen LogP contribution in [0.5, 0.6) is 0 Å². The lowest BCUT2D eigenvalue weighted by molar-refractivity contribution is 0.143. The second kappa shape index (κ2) is 1.73. The third-order valence-corrected chi connectivity index (χ3v) is 2.28. The third kappa shape index (κ3) is 0.873. The van der Waals surface area contributed by atoms with Crippen LogP contribution in [0.25, 0.3) is 0 Å². The normalized spacial score (nSPS) is 44.6. The van der Waals surface area contributed by atoms with Gasteiger partial charge in [-0.15, -0.1) is 0 Å². The van der Waals surface area contributed by atoms with Crippen LogP contribution < -0.4 is 0 Å². The molecule has 8 heavy (non-hydrogen) atoms. The smallest absolute Gasteiger partial charge is 0.0518 e. The molecule has 1 nitrogen and oxygen atoms in total. The maximum Gasteiger partial charge on any atom is 0.0518 e. The average Bonchev–Trinajstić information content (AvgIpc) is 2.16. The van der Waals surface area contributed by atoms with Crippen molar-refractivity contribution < 1.29 is 4.74 Å².